The number of carboxylic acids is 1. The second-order valence-corrected chi connectivity index (χ2v) is 6.32. The summed E-state index contributed by atoms with van der Waals surface area (Å²) in [6.45, 7) is 0.292. The molecule has 128 valence electrons. The van der Waals surface area contributed by atoms with Gasteiger partial charge in [-0.3, -0.25) is 14.4 Å². The van der Waals surface area contributed by atoms with Crippen LogP contribution in [0.1, 0.15) is 22.0 Å². The van der Waals surface area contributed by atoms with Crippen molar-refractivity contribution in [2.24, 2.45) is 5.41 Å². The van der Waals surface area contributed by atoms with Crippen LogP contribution in [0.3, 0.4) is 0 Å². The summed E-state index contributed by atoms with van der Waals surface area (Å²) in [6, 6.07) is 7.29. The van der Waals surface area contributed by atoms with Crippen LogP contribution in [0.15, 0.2) is 41.5 Å². The molecule has 2 aromatic rings. The van der Waals surface area contributed by atoms with Crippen LogP contribution in [0, 0.1) is 5.41 Å². The molecule has 0 radical (unpaired) electrons. The van der Waals surface area contributed by atoms with E-state index in [-0.39, 0.29) is 31.3 Å². The number of nitrogens with zero attached hydrogens (tertiary/aromatic N) is 2. The number of aromatic amines is 1. The number of benzene rings is 1. The van der Waals surface area contributed by atoms with Gasteiger partial charge in [0.25, 0.3) is 11.5 Å². The maximum Gasteiger partial charge on any atom is 0.315 e. The van der Waals surface area contributed by atoms with E-state index in [9.17, 15) is 19.5 Å². The van der Waals surface area contributed by atoms with Gasteiger partial charge in [0, 0.05) is 30.8 Å². The molecule has 1 aromatic carbocycles. The lowest BCUT2D eigenvalue weighted by atomic mass is 9.73. The number of likely N-dealkylation sites (tertiary alicyclic amines) is 1. The van der Waals surface area contributed by atoms with E-state index in [1.807, 2.05) is 18.2 Å². The minimum absolute atomic E-state index is 0.00679. The fourth-order valence-corrected chi connectivity index (χ4v) is 3.61. The molecule has 1 fully saturated rings. The number of nitrogens with one attached hydrogen (secondary N) is 1. The highest BCUT2D eigenvalue weighted by Crippen LogP contribution is 2.49. The molecule has 0 aliphatic carbocycles. The summed E-state index contributed by atoms with van der Waals surface area (Å²) in [5.41, 5.74) is -0.725. The van der Waals surface area contributed by atoms with Gasteiger partial charge in [0.1, 0.15) is 23.5 Å². The molecule has 1 aromatic heterocycles. The molecule has 1 saturated heterocycles. The van der Waals surface area contributed by atoms with Crippen molar-refractivity contribution >= 4 is 11.9 Å². The van der Waals surface area contributed by atoms with Gasteiger partial charge in [0.15, 0.2) is 0 Å². The van der Waals surface area contributed by atoms with Gasteiger partial charge < -0.3 is 19.7 Å². The van der Waals surface area contributed by atoms with Gasteiger partial charge in [-0.15, -0.1) is 0 Å². The zero-order valence-corrected chi connectivity index (χ0v) is 13.1. The molecule has 25 heavy (non-hydrogen) atoms. The average molecular weight is 341 g/mol. The SMILES string of the molecule is O=C(c1c[nH]c(=O)cn1)N1C[C@H]2c3ccccc3OC[C@@]2(C(=O)O)C1. The van der Waals surface area contributed by atoms with E-state index in [2.05, 4.69) is 9.97 Å². The normalized spacial score (nSPS) is 24.2. The molecule has 1 amide bonds. The second-order valence-electron chi connectivity index (χ2n) is 6.32. The number of carbonyl (C=O) groups excluding carboxylic acids is 1. The van der Waals surface area contributed by atoms with Crippen LogP contribution >= 0.6 is 0 Å². The van der Waals surface area contributed by atoms with Crippen molar-refractivity contribution in [2.75, 3.05) is 19.7 Å². The number of rotatable bonds is 2. The molecule has 0 unspecified atom stereocenters. The van der Waals surface area contributed by atoms with Crippen molar-refractivity contribution in [3.63, 3.8) is 0 Å². The number of fused-ring (bicyclic) bond motifs is 3. The molecule has 8 nitrogen and oxygen atoms in total. The predicted octanol–water partition coefficient (Wildman–Crippen LogP) is 0.473. The molecule has 2 aliphatic heterocycles. The average Bonchev–Trinajstić information content (AvgIpc) is 3.03. The number of aliphatic carboxylic acids is 1. The molecular formula is C17H15N3O5. The van der Waals surface area contributed by atoms with E-state index in [4.69, 9.17) is 4.74 Å². The van der Waals surface area contributed by atoms with E-state index in [0.717, 1.165) is 11.8 Å². The molecule has 0 spiro atoms. The zero-order chi connectivity index (χ0) is 17.6. The zero-order valence-electron chi connectivity index (χ0n) is 13.1. The molecule has 0 saturated carbocycles. The molecule has 0 bridgehead atoms. The molecule has 8 heteroatoms. The third-order valence-electron chi connectivity index (χ3n) is 4.93. The van der Waals surface area contributed by atoms with Gasteiger partial charge in [-0.05, 0) is 6.07 Å². The highest BCUT2D eigenvalue weighted by Gasteiger charge is 2.57. The molecule has 2 atom stereocenters. The van der Waals surface area contributed by atoms with Crippen LogP contribution in [-0.2, 0) is 4.79 Å². The maximum absolute atomic E-state index is 12.7. The van der Waals surface area contributed by atoms with E-state index < -0.39 is 22.9 Å². The molecule has 3 heterocycles. The van der Waals surface area contributed by atoms with E-state index in [1.165, 1.54) is 11.1 Å². The van der Waals surface area contributed by atoms with E-state index >= 15 is 0 Å². The number of carboxylic acid groups (broad SMARTS) is 1. The lowest BCUT2D eigenvalue weighted by Crippen LogP contribution is -2.46. The smallest absolute Gasteiger partial charge is 0.315 e. The maximum atomic E-state index is 12.7. The monoisotopic (exact) mass is 341 g/mol. The summed E-state index contributed by atoms with van der Waals surface area (Å²) in [7, 11) is 0. The topological polar surface area (TPSA) is 113 Å². The van der Waals surface area contributed by atoms with Gasteiger partial charge in [-0.2, -0.15) is 0 Å². The number of ether oxygens (including phenoxy) is 1. The Bertz CT molecular complexity index is 904. The van der Waals surface area contributed by atoms with Crippen molar-refractivity contribution in [1.82, 2.24) is 14.9 Å². The summed E-state index contributed by atoms with van der Waals surface area (Å²) in [5, 5.41) is 9.85. The first-order valence-electron chi connectivity index (χ1n) is 7.80. The number of hydrogen-bond donors (Lipinski definition) is 2. The number of hydrogen-bond acceptors (Lipinski definition) is 5. The van der Waals surface area contributed by atoms with Crippen LogP contribution in [0.2, 0.25) is 0 Å². The highest BCUT2D eigenvalue weighted by atomic mass is 16.5. The van der Waals surface area contributed by atoms with Crippen molar-refractivity contribution < 1.29 is 19.4 Å². The Morgan fingerprint density at radius 2 is 2.16 bits per heavy atom. The second kappa shape index (κ2) is 5.44. The van der Waals surface area contributed by atoms with Crippen molar-refractivity contribution in [3.8, 4) is 5.75 Å². The molecule has 2 N–H and O–H groups in total. The van der Waals surface area contributed by atoms with Crippen LogP contribution in [0.25, 0.3) is 0 Å². The van der Waals surface area contributed by atoms with Gasteiger partial charge in [-0.25, -0.2) is 4.98 Å². The quantitative estimate of drug-likeness (QED) is 0.821. The fourth-order valence-electron chi connectivity index (χ4n) is 3.61. The summed E-state index contributed by atoms with van der Waals surface area (Å²) >= 11 is 0. The van der Waals surface area contributed by atoms with Crippen molar-refractivity contribution in [2.45, 2.75) is 5.92 Å². The Morgan fingerprint density at radius 3 is 2.88 bits per heavy atom. The molecular weight excluding hydrogens is 326 g/mol. The summed E-state index contributed by atoms with van der Waals surface area (Å²) in [5.74, 6) is -1.11. The first-order chi connectivity index (χ1) is 12.0. The van der Waals surface area contributed by atoms with Gasteiger partial charge in [0.05, 0.1) is 6.20 Å². The van der Waals surface area contributed by atoms with Crippen molar-refractivity contribution in [3.05, 3.63) is 58.3 Å². The Balaban J connectivity index is 1.71. The first-order valence-corrected chi connectivity index (χ1v) is 7.80. The van der Waals surface area contributed by atoms with Crippen LogP contribution in [-0.4, -0.2) is 51.5 Å². The van der Waals surface area contributed by atoms with Crippen LogP contribution in [0.5, 0.6) is 5.75 Å². The number of H-pyrrole nitrogens is 1. The molecule has 2 aliphatic rings. The van der Waals surface area contributed by atoms with Gasteiger partial charge >= 0.3 is 5.97 Å². The third kappa shape index (κ3) is 2.29. The first kappa shape index (κ1) is 15.4. The third-order valence-corrected chi connectivity index (χ3v) is 4.93. The lowest BCUT2D eigenvalue weighted by Gasteiger charge is -2.35. The minimum atomic E-state index is -1.19. The minimum Gasteiger partial charge on any atom is -0.492 e. The van der Waals surface area contributed by atoms with E-state index in [0.29, 0.717) is 5.75 Å². The summed E-state index contributed by atoms with van der Waals surface area (Å²) in [6.07, 6.45) is 2.27. The van der Waals surface area contributed by atoms with Gasteiger partial charge in [0.2, 0.25) is 0 Å². The Hall–Kier alpha value is -3.16. The summed E-state index contributed by atoms with van der Waals surface area (Å²) in [4.78, 5) is 43.5. The molecule has 4 rings (SSSR count). The van der Waals surface area contributed by atoms with Crippen molar-refractivity contribution in [1.29, 1.82) is 0 Å². The lowest BCUT2D eigenvalue weighted by molar-refractivity contribution is -0.151. The van der Waals surface area contributed by atoms with Gasteiger partial charge in [-0.1, -0.05) is 18.2 Å². The fraction of sp³-hybridized carbons (Fsp3) is 0.294. The summed E-state index contributed by atoms with van der Waals surface area (Å²) < 4.78 is 5.67. The Labute approximate surface area is 142 Å². The van der Waals surface area contributed by atoms with E-state index in [1.54, 1.807) is 6.07 Å². The standard InChI is InChI=1S/C17H15N3O5/c21-14-6-18-12(5-19-14)15(22)20-7-11-10-3-1-2-4-13(10)25-9-17(11,8-20)16(23)24/h1-6,11H,7-9H2,(H,19,21)(H,23,24)/t11-,17-/m0/s1. The number of carbonyl (C=O) groups is 2. The Morgan fingerprint density at radius 1 is 1.36 bits per heavy atom. The van der Waals surface area contributed by atoms with Crippen LogP contribution in [0.4, 0.5) is 0 Å². The number of aromatic nitrogens is 2. The highest BCUT2D eigenvalue weighted by molar-refractivity contribution is 5.93. The number of amides is 1. The predicted molar refractivity (Wildman–Crippen MR) is 85.5 cm³/mol. The Kier molecular flexibility index (Phi) is 3.34. The van der Waals surface area contributed by atoms with Crippen LogP contribution < -0.4 is 10.3 Å². The number of para-hydroxylation sites is 1. The largest absolute Gasteiger partial charge is 0.492 e.